The van der Waals surface area contributed by atoms with Crippen molar-refractivity contribution < 1.29 is 28.0 Å². The summed E-state index contributed by atoms with van der Waals surface area (Å²) in [4.78, 5) is 44.8. The van der Waals surface area contributed by atoms with Gasteiger partial charge in [-0.15, -0.1) is 0 Å². The van der Waals surface area contributed by atoms with Gasteiger partial charge in [-0.25, -0.2) is 9.97 Å². The Morgan fingerprint density at radius 1 is 1.44 bits per heavy atom. The van der Waals surface area contributed by atoms with Crippen LogP contribution in [0.4, 0.5) is 25.3 Å². The third kappa shape index (κ3) is 3.99. The first kappa shape index (κ1) is 21.3. The molecule has 11 nitrogen and oxygen atoms in total. The third-order valence-electron chi connectivity index (χ3n) is 4.52. The standard InChI is InChI=1S/C18H14F2N6O5S/c1-9-15(16-21-4-5-24(16)17(19)20)32-18(22-9)23-13(27)7-25-11-6-10(26(29)30)2-3-12(11)31-8-14(25)28/h2-6,17H,7-8H2,1H3,(H,22,23,27). The van der Waals surface area contributed by atoms with E-state index in [1.807, 2.05) is 0 Å². The van der Waals surface area contributed by atoms with Crippen LogP contribution >= 0.6 is 11.3 Å². The molecule has 1 aliphatic heterocycles. The number of nitrogens with zero attached hydrogens (tertiary/aromatic N) is 5. The van der Waals surface area contributed by atoms with E-state index in [0.717, 1.165) is 28.5 Å². The van der Waals surface area contributed by atoms with Crippen molar-refractivity contribution in [2.45, 2.75) is 13.5 Å². The second kappa shape index (κ2) is 8.30. The molecule has 2 amide bonds. The number of fused-ring (bicyclic) bond motifs is 1. The predicted molar refractivity (Wildman–Crippen MR) is 109 cm³/mol. The summed E-state index contributed by atoms with van der Waals surface area (Å²) in [6.45, 7) is -1.97. The van der Waals surface area contributed by atoms with Crippen molar-refractivity contribution in [3.8, 4) is 16.5 Å². The van der Waals surface area contributed by atoms with Crippen LogP contribution < -0.4 is 15.0 Å². The minimum Gasteiger partial charge on any atom is -0.482 e. The summed E-state index contributed by atoms with van der Waals surface area (Å²) in [6, 6.07) is 3.73. The van der Waals surface area contributed by atoms with Gasteiger partial charge < -0.3 is 10.1 Å². The number of imidazole rings is 1. The molecule has 0 unspecified atom stereocenters. The van der Waals surface area contributed by atoms with E-state index in [-0.39, 0.29) is 34.7 Å². The van der Waals surface area contributed by atoms with E-state index in [9.17, 15) is 28.5 Å². The van der Waals surface area contributed by atoms with Crippen LogP contribution in [0.2, 0.25) is 0 Å². The summed E-state index contributed by atoms with van der Waals surface area (Å²) in [5.41, 5.74) is 0.226. The minimum atomic E-state index is -2.79. The fourth-order valence-electron chi connectivity index (χ4n) is 3.08. The number of carbonyl (C=O) groups excluding carboxylic acids is 2. The lowest BCUT2D eigenvalue weighted by Crippen LogP contribution is -2.43. The molecule has 166 valence electrons. The van der Waals surface area contributed by atoms with Gasteiger partial charge in [0.05, 0.1) is 21.2 Å². The number of hydrogen-bond acceptors (Lipinski definition) is 8. The summed E-state index contributed by atoms with van der Waals surface area (Å²) in [5, 5.41) is 13.7. The highest BCUT2D eigenvalue weighted by atomic mass is 32.1. The number of hydrogen-bond donors (Lipinski definition) is 1. The van der Waals surface area contributed by atoms with Gasteiger partial charge >= 0.3 is 6.55 Å². The molecular formula is C18H14F2N6O5S. The average molecular weight is 464 g/mol. The average Bonchev–Trinajstić information content (AvgIpc) is 3.36. The highest BCUT2D eigenvalue weighted by Crippen LogP contribution is 2.36. The van der Waals surface area contributed by atoms with Gasteiger partial charge in [-0.1, -0.05) is 11.3 Å². The van der Waals surface area contributed by atoms with Crippen LogP contribution in [0, 0.1) is 17.0 Å². The number of alkyl halides is 2. The molecule has 14 heteroatoms. The van der Waals surface area contributed by atoms with Crippen molar-refractivity contribution >= 4 is 39.7 Å². The number of non-ortho nitro benzene ring substituents is 1. The molecule has 2 aromatic heterocycles. The van der Waals surface area contributed by atoms with Gasteiger partial charge in [0, 0.05) is 24.5 Å². The Labute approximate surface area is 182 Å². The van der Waals surface area contributed by atoms with Crippen molar-refractivity contribution in [3.63, 3.8) is 0 Å². The lowest BCUT2D eigenvalue weighted by atomic mass is 10.2. The monoisotopic (exact) mass is 464 g/mol. The van der Waals surface area contributed by atoms with Gasteiger partial charge in [0.1, 0.15) is 12.3 Å². The van der Waals surface area contributed by atoms with Gasteiger partial charge in [-0.05, 0) is 13.0 Å². The van der Waals surface area contributed by atoms with E-state index in [0.29, 0.717) is 15.1 Å². The van der Waals surface area contributed by atoms with Crippen molar-refractivity contribution in [3.05, 3.63) is 46.4 Å². The zero-order valence-electron chi connectivity index (χ0n) is 16.3. The largest absolute Gasteiger partial charge is 0.482 e. The quantitative estimate of drug-likeness (QED) is 0.438. The zero-order chi connectivity index (χ0) is 23.0. The van der Waals surface area contributed by atoms with Crippen molar-refractivity contribution in [1.29, 1.82) is 0 Å². The molecule has 0 aliphatic carbocycles. The Bertz CT molecular complexity index is 1230. The highest BCUT2D eigenvalue weighted by Gasteiger charge is 2.29. The Morgan fingerprint density at radius 2 is 2.22 bits per heavy atom. The van der Waals surface area contributed by atoms with Crippen LogP contribution in [0.1, 0.15) is 12.2 Å². The smallest absolute Gasteiger partial charge is 0.320 e. The Balaban J connectivity index is 1.54. The van der Waals surface area contributed by atoms with Crippen LogP contribution in [0.25, 0.3) is 10.7 Å². The van der Waals surface area contributed by atoms with Crippen LogP contribution in [-0.2, 0) is 9.59 Å². The number of thiazole rings is 1. The van der Waals surface area contributed by atoms with Gasteiger partial charge in [-0.3, -0.25) is 29.2 Å². The summed E-state index contributed by atoms with van der Waals surface area (Å²) < 4.78 is 32.2. The first-order valence-corrected chi connectivity index (χ1v) is 9.86. The number of nitro groups is 1. The second-order valence-corrected chi connectivity index (χ2v) is 7.59. The SMILES string of the molecule is Cc1nc(NC(=O)CN2C(=O)COc3ccc([N+](=O)[O-])cc32)sc1-c1nccn1C(F)F. The van der Waals surface area contributed by atoms with Crippen molar-refractivity contribution in [1.82, 2.24) is 14.5 Å². The number of nitrogens with one attached hydrogen (secondary N) is 1. The maximum atomic E-state index is 13.1. The van der Waals surface area contributed by atoms with E-state index in [1.165, 1.54) is 18.3 Å². The van der Waals surface area contributed by atoms with E-state index in [4.69, 9.17) is 4.74 Å². The van der Waals surface area contributed by atoms with Crippen LogP contribution in [0.3, 0.4) is 0 Å². The van der Waals surface area contributed by atoms with Crippen LogP contribution in [0.5, 0.6) is 5.75 Å². The molecule has 0 bridgehead atoms. The number of amides is 2. The maximum absolute atomic E-state index is 13.1. The molecule has 3 heterocycles. The topological polar surface area (TPSA) is 132 Å². The van der Waals surface area contributed by atoms with Gasteiger partial charge in [0.2, 0.25) is 5.91 Å². The first-order valence-electron chi connectivity index (χ1n) is 9.05. The Morgan fingerprint density at radius 3 is 2.94 bits per heavy atom. The van der Waals surface area contributed by atoms with Crippen molar-refractivity contribution in [2.75, 3.05) is 23.4 Å². The Hall–Kier alpha value is -3.94. The summed E-state index contributed by atoms with van der Waals surface area (Å²) in [6.07, 6.45) is 2.37. The predicted octanol–water partition coefficient (Wildman–Crippen LogP) is 2.98. The number of rotatable bonds is 6. The minimum absolute atomic E-state index is 0.0140. The number of aryl methyl sites for hydroxylation is 1. The summed E-state index contributed by atoms with van der Waals surface area (Å²) >= 11 is 0.955. The molecule has 1 N–H and O–H groups in total. The molecule has 0 spiro atoms. The van der Waals surface area contributed by atoms with Crippen molar-refractivity contribution in [2.24, 2.45) is 0 Å². The summed E-state index contributed by atoms with van der Waals surface area (Å²) in [5.74, 6) is -0.937. The van der Waals surface area contributed by atoms with E-state index in [2.05, 4.69) is 15.3 Å². The molecule has 4 rings (SSSR count). The fraction of sp³-hybridized carbons (Fsp3) is 0.222. The first-order chi connectivity index (χ1) is 15.2. The lowest BCUT2D eigenvalue weighted by Gasteiger charge is -2.28. The lowest BCUT2D eigenvalue weighted by molar-refractivity contribution is -0.384. The molecule has 0 atom stereocenters. The van der Waals surface area contributed by atoms with Gasteiger partial charge in [-0.2, -0.15) is 8.78 Å². The number of benzene rings is 1. The molecule has 32 heavy (non-hydrogen) atoms. The maximum Gasteiger partial charge on any atom is 0.320 e. The number of ether oxygens (including phenoxy) is 1. The summed E-state index contributed by atoms with van der Waals surface area (Å²) in [7, 11) is 0. The highest BCUT2D eigenvalue weighted by molar-refractivity contribution is 7.19. The second-order valence-electron chi connectivity index (χ2n) is 6.60. The van der Waals surface area contributed by atoms with Crippen LogP contribution in [0.15, 0.2) is 30.6 Å². The van der Waals surface area contributed by atoms with E-state index in [1.54, 1.807) is 6.92 Å². The normalized spacial score (nSPS) is 13.1. The number of carbonyl (C=O) groups is 2. The van der Waals surface area contributed by atoms with E-state index < -0.39 is 29.8 Å². The van der Waals surface area contributed by atoms with Gasteiger partial charge in [0.25, 0.3) is 11.6 Å². The molecule has 0 radical (unpaired) electrons. The molecule has 0 saturated heterocycles. The molecule has 1 aromatic carbocycles. The van der Waals surface area contributed by atoms with Crippen LogP contribution in [-0.4, -0.2) is 44.4 Å². The van der Waals surface area contributed by atoms with E-state index >= 15 is 0 Å². The molecule has 1 aliphatic rings. The molecule has 0 fully saturated rings. The Kier molecular flexibility index (Phi) is 5.52. The molecule has 3 aromatic rings. The molecule has 0 saturated carbocycles. The number of nitro benzene ring substituents is 1. The van der Waals surface area contributed by atoms with Gasteiger partial charge in [0.15, 0.2) is 17.6 Å². The fourth-order valence-corrected chi connectivity index (χ4v) is 4.07. The molecular weight excluding hydrogens is 450 g/mol. The number of aromatic nitrogens is 3. The number of anilines is 2. The number of halogens is 2. The zero-order valence-corrected chi connectivity index (χ0v) is 17.1. The third-order valence-corrected chi connectivity index (χ3v) is 5.59.